The van der Waals surface area contributed by atoms with Crippen molar-refractivity contribution >= 4 is 11.3 Å². The molecule has 0 aromatic carbocycles. The molecule has 120 valence electrons. The molecule has 0 amide bonds. The van der Waals surface area contributed by atoms with Crippen LogP contribution in [0.5, 0.6) is 0 Å². The monoisotopic (exact) mass is 309 g/mol. The molecule has 1 saturated heterocycles. The van der Waals surface area contributed by atoms with E-state index in [0.717, 1.165) is 19.6 Å². The number of likely N-dealkylation sites (N-methyl/N-ethyl adjacent to an activating group) is 1. The molecule has 0 saturated carbocycles. The number of hydrogen-bond acceptors (Lipinski definition) is 4. The fraction of sp³-hybridized carbons (Fsp3) is 0.765. The number of hydrogen-bond donors (Lipinski definition) is 1. The van der Waals surface area contributed by atoms with Gasteiger partial charge in [-0.05, 0) is 42.9 Å². The van der Waals surface area contributed by atoms with E-state index in [9.17, 15) is 0 Å². The number of thiophene rings is 1. The minimum Gasteiger partial charge on any atom is -0.316 e. The highest BCUT2D eigenvalue weighted by Gasteiger charge is 2.30. The second-order valence-electron chi connectivity index (χ2n) is 6.55. The lowest BCUT2D eigenvalue weighted by molar-refractivity contribution is 0.150. The van der Waals surface area contributed by atoms with Crippen LogP contribution in [-0.4, -0.2) is 55.6 Å². The molecule has 1 aliphatic heterocycles. The first kappa shape index (κ1) is 16.9. The molecule has 1 atom stereocenters. The molecule has 1 aromatic heterocycles. The molecule has 21 heavy (non-hydrogen) atoms. The summed E-state index contributed by atoms with van der Waals surface area (Å²) in [5.41, 5.74) is 0.445. The highest BCUT2D eigenvalue weighted by molar-refractivity contribution is 7.09. The maximum atomic E-state index is 3.53. The van der Waals surface area contributed by atoms with Gasteiger partial charge in [0.25, 0.3) is 0 Å². The average molecular weight is 310 g/mol. The zero-order chi connectivity index (χ0) is 15.1. The van der Waals surface area contributed by atoms with E-state index in [0.29, 0.717) is 5.41 Å². The Hall–Kier alpha value is -0.420. The molecular weight excluding hydrogens is 278 g/mol. The van der Waals surface area contributed by atoms with Crippen LogP contribution in [-0.2, 0) is 6.54 Å². The highest BCUT2D eigenvalue weighted by atomic mass is 32.1. The van der Waals surface area contributed by atoms with Crippen molar-refractivity contribution in [1.82, 2.24) is 15.1 Å². The molecule has 1 fully saturated rings. The Bertz CT molecular complexity index is 381. The van der Waals surface area contributed by atoms with Crippen LogP contribution in [0.4, 0.5) is 0 Å². The maximum Gasteiger partial charge on any atom is 0.0328 e. The van der Waals surface area contributed by atoms with E-state index in [1.165, 1.54) is 44.0 Å². The predicted molar refractivity (Wildman–Crippen MR) is 93.0 cm³/mol. The first-order chi connectivity index (χ1) is 10.1. The summed E-state index contributed by atoms with van der Waals surface area (Å²) < 4.78 is 0. The van der Waals surface area contributed by atoms with Crippen molar-refractivity contribution in [3.63, 3.8) is 0 Å². The van der Waals surface area contributed by atoms with E-state index < -0.39 is 0 Å². The first-order valence-corrected chi connectivity index (χ1v) is 9.21. The molecule has 0 aliphatic carbocycles. The number of nitrogens with zero attached hydrogens (tertiary/aromatic N) is 2. The largest absolute Gasteiger partial charge is 0.316 e. The average Bonchev–Trinajstić information content (AvgIpc) is 3.12. The minimum absolute atomic E-state index is 0.445. The van der Waals surface area contributed by atoms with Crippen molar-refractivity contribution in [2.45, 2.75) is 33.7 Å². The summed E-state index contributed by atoms with van der Waals surface area (Å²) in [7, 11) is 0. The summed E-state index contributed by atoms with van der Waals surface area (Å²) in [6.45, 7) is 16.3. The molecule has 1 unspecified atom stereocenters. The second kappa shape index (κ2) is 8.28. The summed E-state index contributed by atoms with van der Waals surface area (Å²) in [5, 5.41) is 5.72. The lowest BCUT2D eigenvalue weighted by Crippen LogP contribution is -2.41. The lowest BCUT2D eigenvalue weighted by atomic mass is 9.89. The zero-order valence-corrected chi connectivity index (χ0v) is 14.7. The fourth-order valence-electron chi connectivity index (χ4n) is 3.20. The van der Waals surface area contributed by atoms with Gasteiger partial charge in [0.1, 0.15) is 0 Å². The van der Waals surface area contributed by atoms with Crippen molar-refractivity contribution < 1.29 is 0 Å². The fourth-order valence-corrected chi connectivity index (χ4v) is 3.95. The van der Waals surface area contributed by atoms with E-state index in [4.69, 9.17) is 0 Å². The van der Waals surface area contributed by atoms with Crippen molar-refractivity contribution in [1.29, 1.82) is 0 Å². The van der Waals surface area contributed by atoms with Crippen molar-refractivity contribution in [2.24, 2.45) is 5.41 Å². The van der Waals surface area contributed by atoms with Gasteiger partial charge in [0, 0.05) is 37.6 Å². The molecule has 3 nitrogen and oxygen atoms in total. The van der Waals surface area contributed by atoms with E-state index >= 15 is 0 Å². The van der Waals surface area contributed by atoms with Gasteiger partial charge in [0.2, 0.25) is 0 Å². The Balaban J connectivity index is 1.92. The molecule has 2 rings (SSSR count). The summed E-state index contributed by atoms with van der Waals surface area (Å²) >= 11 is 1.88. The van der Waals surface area contributed by atoms with Crippen LogP contribution in [0.15, 0.2) is 17.5 Å². The summed E-state index contributed by atoms with van der Waals surface area (Å²) in [6.07, 6.45) is 1.30. The molecule has 4 heteroatoms. The Morgan fingerprint density at radius 1 is 1.24 bits per heavy atom. The van der Waals surface area contributed by atoms with Gasteiger partial charge in [0.15, 0.2) is 0 Å². The third kappa shape index (κ3) is 5.37. The van der Waals surface area contributed by atoms with Gasteiger partial charge in [0.05, 0.1) is 0 Å². The van der Waals surface area contributed by atoms with Gasteiger partial charge < -0.3 is 10.2 Å². The van der Waals surface area contributed by atoms with Crippen LogP contribution in [0.25, 0.3) is 0 Å². The van der Waals surface area contributed by atoms with Gasteiger partial charge in [-0.25, -0.2) is 0 Å². The first-order valence-electron chi connectivity index (χ1n) is 8.33. The zero-order valence-electron chi connectivity index (χ0n) is 13.9. The molecule has 1 aromatic rings. The summed E-state index contributed by atoms with van der Waals surface area (Å²) in [5.74, 6) is 0. The second-order valence-corrected chi connectivity index (χ2v) is 7.59. The summed E-state index contributed by atoms with van der Waals surface area (Å²) in [6, 6.07) is 4.44. The third-order valence-electron chi connectivity index (χ3n) is 4.65. The Kier molecular flexibility index (Phi) is 6.68. The number of rotatable bonds is 9. The van der Waals surface area contributed by atoms with Crippen LogP contribution in [0.3, 0.4) is 0 Å². The van der Waals surface area contributed by atoms with E-state index in [-0.39, 0.29) is 0 Å². The third-order valence-corrected chi connectivity index (χ3v) is 5.51. The topological polar surface area (TPSA) is 18.5 Å². The maximum absolute atomic E-state index is 3.53. The molecule has 0 bridgehead atoms. The van der Waals surface area contributed by atoms with Gasteiger partial charge in [-0.1, -0.05) is 26.8 Å². The predicted octanol–water partition coefficient (Wildman–Crippen LogP) is 2.89. The van der Waals surface area contributed by atoms with Gasteiger partial charge in [-0.3, -0.25) is 4.90 Å². The lowest BCUT2D eigenvalue weighted by Gasteiger charge is -2.33. The summed E-state index contributed by atoms with van der Waals surface area (Å²) in [4.78, 5) is 6.68. The van der Waals surface area contributed by atoms with E-state index in [1.807, 2.05) is 11.3 Å². The van der Waals surface area contributed by atoms with Crippen LogP contribution < -0.4 is 5.32 Å². The smallest absolute Gasteiger partial charge is 0.0328 e. The molecule has 2 heterocycles. The van der Waals surface area contributed by atoms with E-state index in [1.54, 1.807) is 0 Å². The standard InChI is InChI=1S/C17H31N3S/c1-4-19(5-2)10-11-20(13-16-7-6-12-21-16)15-17(3)8-9-18-14-17/h6-7,12,18H,4-5,8-11,13-15H2,1-3H3. The molecule has 1 N–H and O–H groups in total. The van der Waals surface area contributed by atoms with Crippen molar-refractivity contribution in [3.05, 3.63) is 22.4 Å². The van der Waals surface area contributed by atoms with Crippen LogP contribution in [0.2, 0.25) is 0 Å². The van der Waals surface area contributed by atoms with Gasteiger partial charge in [-0.15, -0.1) is 11.3 Å². The number of nitrogens with one attached hydrogen (secondary N) is 1. The van der Waals surface area contributed by atoms with Gasteiger partial charge >= 0.3 is 0 Å². The van der Waals surface area contributed by atoms with Crippen LogP contribution in [0.1, 0.15) is 32.1 Å². The van der Waals surface area contributed by atoms with Crippen molar-refractivity contribution in [3.8, 4) is 0 Å². The molecule has 0 spiro atoms. The highest BCUT2D eigenvalue weighted by Crippen LogP contribution is 2.26. The molecule has 0 radical (unpaired) electrons. The normalized spacial score (nSPS) is 22.5. The van der Waals surface area contributed by atoms with Crippen LogP contribution >= 0.6 is 11.3 Å². The van der Waals surface area contributed by atoms with Crippen LogP contribution in [0, 0.1) is 5.41 Å². The molecule has 1 aliphatic rings. The van der Waals surface area contributed by atoms with E-state index in [2.05, 4.69) is 53.4 Å². The minimum atomic E-state index is 0.445. The Morgan fingerprint density at radius 2 is 2.00 bits per heavy atom. The Morgan fingerprint density at radius 3 is 2.57 bits per heavy atom. The SMILES string of the molecule is CCN(CC)CCN(Cc1cccs1)CC1(C)CCNC1. The Labute approximate surface area is 134 Å². The van der Waals surface area contributed by atoms with Gasteiger partial charge in [-0.2, -0.15) is 0 Å². The molecular formula is C17H31N3S. The quantitative estimate of drug-likeness (QED) is 0.757. The van der Waals surface area contributed by atoms with Crippen molar-refractivity contribution in [2.75, 3.05) is 45.8 Å².